The monoisotopic (exact) mass is 626 g/mol. The lowest BCUT2D eigenvalue weighted by molar-refractivity contribution is -0.147. The quantitative estimate of drug-likeness (QED) is 0.132. The average molecular weight is 627 g/mol. The first kappa shape index (κ1) is 35.1. The standard InChI is InChI=1S/C37H58O6Si/c1-25-18-19-39-30(22-25)16-17-32(43-44(8,9)37(5,6)7)33-24-34-36(42-34)28(4)21-26(2)20-27(3)23-31-14-10-12-29(40-31)13-11-15-35(38)41-33/h10-12,15-18,27-34,36H,2,13-14,19-24H2,1,3-9H3/b15-11-,17-16+/t27-,28-,29-,30+,31-,32?,33-,34-,36+/m0/s1. The van der Waals surface area contributed by atoms with E-state index >= 15 is 0 Å². The molecule has 4 rings (SSSR count). The summed E-state index contributed by atoms with van der Waals surface area (Å²) in [6.45, 7) is 22.9. The Hall–Kier alpha value is -1.77. The maximum Gasteiger partial charge on any atom is 0.330 e. The molecule has 246 valence electrons. The van der Waals surface area contributed by atoms with Crippen LogP contribution >= 0.6 is 0 Å². The zero-order valence-corrected chi connectivity index (χ0v) is 29.6. The zero-order valence-electron chi connectivity index (χ0n) is 28.6. The van der Waals surface area contributed by atoms with Crippen LogP contribution in [0.25, 0.3) is 0 Å². The molecule has 7 heteroatoms. The van der Waals surface area contributed by atoms with Gasteiger partial charge in [-0.1, -0.05) is 88.8 Å². The maximum absolute atomic E-state index is 13.3. The van der Waals surface area contributed by atoms with Crippen molar-refractivity contribution in [2.24, 2.45) is 11.8 Å². The van der Waals surface area contributed by atoms with E-state index in [4.69, 9.17) is 23.4 Å². The van der Waals surface area contributed by atoms with Crippen LogP contribution in [0.1, 0.15) is 86.5 Å². The molecule has 0 aliphatic carbocycles. The van der Waals surface area contributed by atoms with E-state index in [1.165, 1.54) is 11.1 Å². The summed E-state index contributed by atoms with van der Waals surface area (Å²) in [5, 5.41) is -0.00476. The summed E-state index contributed by atoms with van der Waals surface area (Å²) in [5.74, 6) is 0.488. The van der Waals surface area contributed by atoms with Gasteiger partial charge in [-0.25, -0.2) is 4.79 Å². The van der Waals surface area contributed by atoms with Crippen molar-refractivity contribution in [2.75, 3.05) is 6.61 Å². The van der Waals surface area contributed by atoms with Gasteiger partial charge < -0.3 is 23.4 Å². The van der Waals surface area contributed by atoms with Gasteiger partial charge in [-0.15, -0.1) is 0 Å². The van der Waals surface area contributed by atoms with Gasteiger partial charge in [0.05, 0.1) is 37.1 Å². The molecular formula is C37H58O6Si. The Bertz CT molecular complexity index is 1110. The summed E-state index contributed by atoms with van der Waals surface area (Å²) < 4.78 is 31.9. The minimum atomic E-state index is -2.22. The Labute approximate surface area is 268 Å². The fraction of sp³-hybridized carbons (Fsp3) is 0.703. The van der Waals surface area contributed by atoms with Crippen LogP contribution in [-0.4, -0.2) is 63.6 Å². The van der Waals surface area contributed by atoms with Crippen LogP contribution in [0, 0.1) is 11.8 Å². The number of hydrogen-bond acceptors (Lipinski definition) is 6. The number of carbonyl (C=O) groups is 1. The molecule has 6 nitrogen and oxygen atoms in total. The van der Waals surface area contributed by atoms with Crippen LogP contribution in [0.5, 0.6) is 0 Å². The van der Waals surface area contributed by atoms with Crippen molar-refractivity contribution in [3.63, 3.8) is 0 Å². The third-order valence-corrected chi connectivity index (χ3v) is 14.4. The maximum atomic E-state index is 13.3. The molecule has 0 amide bonds. The SMILES string of the molecule is C=C1C[C@H](C)C[C@@H]2CC=C[C@@H](C/C=C\C(=O)O[C@H](C(/C=C/[C@@H]3CC(C)=CCO3)O[Si](C)(C)C(C)(C)C)C[C@@H]3O[C@@H]3[C@@H](C)C1)O2. The van der Waals surface area contributed by atoms with Gasteiger partial charge in [0.1, 0.15) is 12.2 Å². The van der Waals surface area contributed by atoms with Gasteiger partial charge >= 0.3 is 5.97 Å². The largest absolute Gasteiger partial charge is 0.456 e. The fourth-order valence-electron chi connectivity index (χ4n) is 6.39. The molecule has 0 aromatic rings. The van der Waals surface area contributed by atoms with Crippen LogP contribution in [0.2, 0.25) is 18.1 Å². The zero-order chi connectivity index (χ0) is 32.1. The van der Waals surface area contributed by atoms with Crippen LogP contribution in [0.3, 0.4) is 0 Å². The molecule has 0 radical (unpaired) electrons. The van der Waals surface area contributed by atoms with Crippen molar-refractivity contribution in [1.29, 1.82) is 0 Å². The van der Waals surface area contributed by atoms with Gasteiger partial charge in [0.15, 0.2) is 8.32 Å². The van der Waals surface area contributed by atoms with Gasteiger partial charge in [-0.3, -0.25) is 0 Å². The normalized spacial score (nSPS) is 36.0. The molecule has 44 heavy (non-hydrogen) atoms. The molecule has 0 saturated carbocycles. The van der Waals surface area contributed by atoms with Crippen molar-refractivity contribution in [1.82, 2.24) is 0 Å². The Morgan fingerprint density at radius 3 is 2.57 bits per heavy atom. The first-order valence-electron chi connectivity index (χ1n) is 16.8. The van der Waals surface area contributed by atoms with E-state index in [2.05, 4.69) is 91.6 Å². The summed E-state index contributed by atoms with van der Waals surface area (Å²) in [7, 11) is -2.22. The Kier molecular flexibility index (Phi) is 12.1. The highest BCUT2D eigenvalue weighted by Crippen LogP contribution is 2.41. The number of rotatable bonds is 5. The second kappa shape index (κ2) is 15.2. The van der Waals surface area contributed by atoms with Crippen LogP contribution in [-0.2, 0) is 28.2 Å². The lowest BCUT2D eigenvalue weighted by Crippen LogP contribution is -2.47. The number of epoxide rings is 1. The molecular weight excluding hydrogens is 568 g/mol. The predicted octanol–water partition coefficient (Wildman–Crippen LogP) is 8.41. The highest BCUT2D eigenvalue weighted by Gasteiger charge is 2.47. The van der Waals surface area contributed by atoms with E-state index in [1.54, 1.807) is 6.08 Å². The highest BCUT2D eigenvalue weighted by atomic mass is 28.4. The molecule has 1 unspecified atom stereocenters. The highest BCUT2D eigenvalue weighted by molar-refractivity contribution is 6.74. The first-order chi connectivity index (χ1) is 20.7. The number of cyclic esters (lactones) is 1. The first-order valence-corrected chi connectivity index (χ1v) is 19.8. The molecule has 1 saturated heterocycles. The molecule has 4 aliphatic rings. The Balaban J connectivity index is 1.59. The minimum Gasteiger partial charge on any atom is -0.456 e. The Morgan fingerprint density at radius 2 is 1.84 bits per heavy atom. The van der Waals surface area contributed by atoms with Crippen molar-refractivity contribution in [3.05, 3.63) is 60.3 Å². The molecule has 0 aromatic carbocycles. The van der Waals surface area contributed by atoms with Crippen molar-refractivity contribution < 1.29 is 28.2 Å². The number of fused-ring (bicyclic) bond motifs is 3. The smallest absolute Gasteiger partial charge is 0.330 e. The topological polar surface area (TPSA) is 66.5 Å². The number of hydrogen-bond donors (Lipinski definition) is 0. The molecule has 0 aromatic heterocycles. The molecule has 4 aliphatic heterocycles. The fourth-order valence-corrected chi connectivity index (χ4v) is 7.66. The molecule has 9 atom stereocenters. The minimum absolute atomic E-state index is 0.00476. The number of ether oxygens (including phenoxy) is 4. The average Bonchev–Trinajstić information content (AvgIpc) is 3.69. The number of carbonyl (C=O) groups excluding carboxylic acids is 1. The summed E-state index contributed by atoms with van der Waals surface area (Å²) in [5.41, 5.74) is 2.59. The van der Waals surface area contributed by atoms with Crippen molar-refractivity contribution >= 4 is 14.3 Å². The van der Waals surface area contributed by atoms with Crippen LogP contribution in [0.4, 0.5) is 0 Å². The lowest BCUT2D eigenvalue weighted by atomic mass is 9.88. The van der Waals surface area contributed by atoms with Crippen molar-refractivity contribution in [3.8, 4) is 0 Å². The third-order valence-electron chi connectivity index (χ3n) is 9.95. The molecule has 4 heterocycles. The lowest BCUT2D eigenvalue weighted by Gasteiger charge is -2.40. The second-order valence-corrected chi connectivity index (χ2v) is 20.0. The molecule has 1 fully saturated rings. The Morgan fingerprint density at radius 1 is 1.07 bits per heavy atom. The number of allylic oxidation sites excluding steroid dienone is 1. The van der Waals surface area contributed by atoms with Crippen LogP contribution < -0.4 is 0 Å². The predicted molar refractivity (Wildman–Crippen MR) is 180 cm³/mol. The molecule has 2 bridgehead atoms. The third kappa shape index (κ3) is 10.4. The van der Waals surface area contributed by atoms with Gasteiger partial charge in [0.2, 0.25) is 0 Å². The summed E-state index contributed by atoms with van der Waals surface area (Å²) in [6.07, 6.45) is 19.4. The van der Waals surface area contributed by atoms with Gasteiger partial charge in [0, 0.05) is 12.5 Å². The number of esters is 1. The van der Waals surface area contributed by atoms with E-state index in [-0.39, 0.29) is 41.5 Å². The van der Waals surface area contributed by atoms with Gasteiger partial charge in [-0.2, -0.15) is 0 Å². The second-order valence-electron chi connectivity index (χ2n) is 15.3. The summed E-state index contributed by atoms with van der Waals surface area (Å²) in [6, 6.07) is 0. The van der Waals surface area contributed by atoms with Crippen LogP contribution in [0.15, 0.2) is 60.3 Å². The summed E-state index contributed by atoms with van der Waals surface area (Å²) in [4.78, 5) is 13.3. The van der Waals surface area contributed by atoms with Gasteiger partial charge in [0.25, 0.3) is 0 Å². The van der Waals surface area contributed by atoms with E-state index in [9.17, 15) is 4.79 Å². The van der Waals surface area contributed by atoms with E-state index in [0.29, 0.717) is 31.3 Å². The molecule has 0 N–H and O–H groups in total. The van der Waals surface area contributed by atoms with E-state index in [1.807, 2.05) is 6.08 Å². The van der Waals surface area contributed by atoms with Gasteiger partial charge in [-0.05, 0) is 75.4 Å². The molecule has 0 spiro atoms. The van der Waals surface area contributed by atoms with Crippen molar-refractivity contribution in [2.45, 2.75) is 147 Å². The summed E-state index contributed by atoms with van der Waals surface area (Å²) >= 11 is 0. The van der Waals surface area contributed by atoms with E-state index < -0.39 is 20.5 Å². The van der Waals surface area contributed by atoms with E-state index in [0.717, 1.165) is 32.1 Å².